The first-order valence-electron chi connectivity index (χ1n) is 6.08. The Morgan fingerprint density at radius 1 is 1.59 bits per heavy atom. The third-order valence-electron chi connectivity index (χ3n) is 2.85. The van der Waals surface area contributed by atoms with E-state index in [0.29, 0.717) is 5.95 Å². The van der Waals surface area contributed by atoms with Gasteiger partial charge in [-0.1, -0.05) is 6.92 Å². The summed E-state index contributed by atoms with van der Waals surface area (Å²) in [6.45, 7) is 4.02. The van der Waals surface area contributed by atoms with Gasteiger partial charge in [0.25, 0.3) is 5.91 Å². The Morgan fingerprint density at radius 3 is 2.94 bits per heavy atom. The molecule has 1 aliphatic carbocycles. The molecule has 2 rings (SSSR count). The van der Waals surface area contributed by atoms with Crippen molar-refractivity contribution in [3.8, 4) is 0 Å². The molecule has 0 aliphatic heterocycles. The first-order valence-corrected chi connectivity index (χ1v) is 6.08. The maximum Gasteiger partial charge on any atom is 0.267 e. The molecule has 0 radical (unpaired) electrons. The maximum absolute atomic E-state index is 11.1. The molecular weight excluding hydrogens is 216 g/mol. The standard InChI is InChI=1S/C12H18N4O/c1-2-7-16(8-9-3-4-9)12-14-6-5-10(15-12)11(13)17/h5-6,9H,2-4,7-8H2,1H3,(H2,13,17). The number of hydrogen-bond acceptors (Lipinski definition) is 4. The third-order valence-corrected chi connectivity index (χ3v) is 2.85. The number of carbonyl (C=O) groups is 1. The van der Waals surface area contributed by atoms with Gasteiger partial charge in [-0.25, -0.2) is 9.97 Å². The number of primary amides is 1. The van der Waals surface area contributed by atoms with Crippen molar-refractivity contribution in [2.45, 2.75) is 26.2 Å². The first-order chi connectivity index (χ1) is 8.20. The molecule has 17 heavy (non-hydrogen) atoms. The second-order valence-corrected chi connectivity index (χ2v) is 4.50. The molecule has 5 heteroatoms. The fraction of sp³-hybridized carbons (Fsp3) is 0.583. The zero-order valence-corrected chi connectivity index (χ0v) is 10.1. The van der Waals surface area contributed by atoms with Crippen LogP contribution in [0.2, 0.25) is 0 Å². The molecule has 5 nitrogen and oxygen atoms in total. The molecule has 1 aliphatic rings. The molecule has 0 atom stereocenters. The lowest BCUT2D eigenvalue weighted by molar-refractivity contribution is 0.0995. The summed E-state index contributed by atoms with van der Waals surface area (Å²) in [5, 5.41) is 0. The maximum atomic E-state index is 11.1. The van der Waals surface area contributed by atoms with Gasteiger partial charge in [-0.3, -0.25) is 4.79 Å². The molecule has 0 bridgehead atoms. The van der Waals surface area contributed by atoms with Crippen molar-refractivity contribution in [1.29, 1.82) is 0 Å². The van der Waals surface area contributed by atoms with E-state index in [9.17, 15) is 4.79 Å². The number of rotatable bonds is 6. The Morgan fingerprint density at radius 2 is 2.35 bits per heavy atom. The fourth-order valence-corrected chi connectivity index (χ4v) is 1.79. The minimum Gasteiger partial charge on any atom is -0.364 e. The van der Waals surface area contributed by atoms with Crippen molar-refractivity contribution in [3.63, 3.8) is 0 Å². The van der Waals surface area contributed by atoms with E-state index in [1.54, 1.807) is 12.3 Å². The van der Waals surface area contributed by atoms with E-state index in [0.717, 1.165) is 25.4 Å². The van der Waals surface area contributed by atoms with Crippen molar-refractivity contribution in [3.05, 3.63) is 18.0 Å². The van der Waals surface area contributed by atoms with Crippen LogP contribution < -0.4 is 10.6 Å². The monoisotopic (exact) mass is 234 g/mol. The van der Waals surface area contributed by atoms with Crippen LogP contribution in [-0.2, 0) is 0 Å². The topological polar surface area (TPSA) is 72.1 Å². The van der Waals surface area contributed by atoms with E-state index in [4.69, 9.17) is 5.73 Å². The van der Waals surface area contributed by atoms with Crippen molar-refractivity contribution < 1.29 is 4.79 Å². The Hall–Kier alpha value is -1.65. The average Bonchev–Trinajstić information content (AvgIpc) is 3.12. The van der Waals surface area contributed by atoms with Gasteiger partial charge in [0.1, 0.15) is 5.69 Å². The van der Waals surface area contributed by atoms with Gasteiger partial charge in [0.15, 0.2) is 0 Å². The van der Waals surface area contributed by atoms with Crippen LogP contribution in [0.5, 0.6) is 0 Å². The molecule has 1 saturated carbocycles. The van der Waals surface area contributed by atoms with Gasteiger partial charge in [0, 0.05) is 19.3 Å². The molecular formula is C12H18N4O. The lowest BCUT2D eigenvalue weighted by atomic mass is 10.3. The van der Waals surface area contributed by atoms with Gasteiger partial charge in [-0.2, -0.15) is 0 Å². The zero-order chi connectivity index (χ0) is 12.3. The first kappa shape index (κ1) is 11.8. The van der Waals surface area contributed by atoms with Crippen LogP contribution >= 0.6 is 0 Å². The number of anilines is 1. The van der Waals surface area contributed by atoms with E-state index < -0.39 is 5.91 Å². The predicted molar refractivity (Wildman–Crippen MR) is 65.8 cm³/mol. The predicted octanol–water partition coefficient (Wildman–Crippen LogP) is 1.20. The highest BCUT2D eigenvalue weighted by atomic mass is 16.1. The third kappa shape index (κ3) is 3.15. The second kappa shape index (κ2) is 5.12. The van der Waals surface area contributed by atoms with E-state index in [1.165, 1.54) is 12.8 Å². The number of aromatic nitrogens is 2. The summed E-state index contributed by atoms with van der Waals surface area (Å²) < 4.78 is 0. The van der Waals surface area contributed by atoms with E-state index >= 15 is 0 Å². The largest absolute Gasteiger partial charge is 0.364 e. The SMILES string of the molecule is CCCN(CC1CC1)c1nccc(C(N)=O)n1. The molecule has 0 spiro atoms. The molecule has 1 aromatic rings. The summed E-state index contributed by atoms with van der Waals surface area (Å²) in [6.07, 6.45) is 5.21. The van der Waals surface area contributed by atoms with Crippen LogP contribution in [0.25, 0.3) is 0 Å². The van der Waals surface area contributed by atoms with Crippen molar-refractivity contribution in [2.24, 2.45) is 11.7 Å². The highest BCUT2D eigenvalue weighted by Crippen LogP contribution is 2.30. The van der Waals surface area contributed by atoms with Gasteiger partial charge in [-0.05, 0) is 31.2 Å². The number of carbonyl (C=O) groups excluding carboxylic acids is 1. The minimum absolute atomic E-state index is 0.284. The van der Waals surface area contributed by atoms with E-state index in [2.05, 4.69) is 21.8 Å². The molecule has 0 saturated heterocycles. The number of nitrogens with two attached hydrogens (primary N) is 1. The van der Waals surface area contributed by atoms with Gasteiger partial charge >= 0.3 is 0 Å². The van der Waals surface area contributed by atoms with Gasteiger partial charge in [0.05, 0.1) is 0 Å². The molecule has 2 N–H and O–H groups in total. The Bertz CT molecular complexity index is 403. The summed E-state index contributed by atoms with van der Waals surface area (Å²) in [7, 11) is 0. The quantitative estimate of drug-likeness (QED) is 0.802. The summed E-state index contributed by atoms with van der Waals surface area (Å²) in [4.78, 5) is 21.7. The fourth-order valence-electron chi connectivity index (χ4n) is 1.79. The van der Waals surface area contributed by atoms with Crippen LogP contribution in [0.3, 0.4) is 0 Å². The number of amides is 1. The van der Waals surface area contributed by atoms with Gasteiger partial charge < -0.3 is 10.6 Å². The lowest BCUT2D eigenvalue weighted by Gasteiger charge is -2.21. The summed E-state index contributed by atoms with van der Waals surface area (Å²) in [6, 6.07) is 1.55. The Balaban J connectivity index is 2.15. The van der Waals surface area contributed by atoms with Crippen LogP contribution in [0.1, 0.15) is 36.7 Å². The highest BCUT2D eigenvalue weighted by Gasteiger charge is 2.25. The Kier molecular flexibility index (Phi) is 3.56. The molecule has 1 fully saturated rings. The molecule has 0 unspecified atom stereocenters. The van der Waals surface area contributed by atoms with Gasteiger partial charge in [-0.15, -0.1) is 0 Å². The van der Waals surface area contributed by atoms with Crippen LogP contribution in [0.15, 0.2) is 12.3 Å². The van der Waals surface area contributed by atoms with Crippen molar-refractivity contribution in [2.75, 3.05) is 18.0 Å². The lowest BCUT2D eigenvalue weighted by Crippen LogP contribution is -2.29. The smallest absolute Gasteiger partial charge is 0.267 e. The molecule has 1 heterocycles. The molecule has 1 amide bonds. The highest BCUT2D eigenvalue weighted by molar-refractivity contribution is 5.90. The van der Waals surface area contributed by atoms with Crippen LogP contribution in [-0.4, -0.2) is 29.0 Å². The summed E-state index contributed by atoms with van der Waals surface area (Å²) in [5.41, 5.74) is 5.51. The Labute approximate surface area is 101 Å². The molecule has 92 valence electrons. The average molecular weight is 234 g/mol. The summed E-state index contributed by atoms with van der Waals surface area (Å²) >= 11 is 0. The molecule has 0 aromatic carbocycles. The van der Waals surface area contributed by atoms with E-state index in [-0.39, 0.29) is 5.69 Å². The van der Waals surface area contributed by atoms with Crippen molar-refractivity contribution in [1.82, 2.24) is 9.97 Å². The van der Waals surface area contributed by atoms with E-state index in [1.807, 2.05) is 0 Å². The van der Waals surface area contributed by atoms with Crippen LogP contribution in [0, 0.1) is 5.92 Å². The second-order valence-electron chi connectivity index (χ2n) is 4.50. The van der Waals surface area contributed by atoms with Crippen molar-refractivity contribution >= 4 is 11.9 Å². The molecule has 1 aromatic heterocycles. The number of nitrogens with zero attached hydrogens (tertiary/aromatic N) is 3. The number of hydrogen-bond donors (Lipinski definition) is 1. The minimum atomic E-state index is -0.503. The zero-order valence-electron chi connectivity index (χ0n) is 10.1. The van der Waals surface area contributed by atoms with Gasteiger partial charge in [0.2, 0.25) is 5.95 Å². The van der Waals surface area contributed by atoms with Crippen LogP contribution in [0.4, 0.5) is 5.95 Å². The summed E-state index contributed by atoms with van der Waals surface area (Å²) in [5.74, 6) is 0.883. The normalized spacial score (nSPS) is 14.6.